The van der Waals surface area contributed by atoms with Crippen LogP contribution in [-0.2, 0) is 33.4 Å². The number of hydrogen-bond acceptors (Lipinski definition) is 11. The molecule has 4 saturated heterocycles. The van der Waals surface area contributed by atoms with Gasteiger partial charge in [-0.25, -0.2) is 0 Å². The maximum absolute atomic E-state index is 14.3. The van der Waals surface area contributed by atoms with E-state index in [1.165, 1.54) is 0 Å². The third-order valence-corrected chi connectivity index (χ3v) is 16.6. The van der Waals surface area contributed by atoms with Crippen LogP contribution in [0.25, 0.3) is 0 Å². The lowest BCUT2D eigenvalue weighted by molar-refractivity contribution is -0.144. The predicted octanol–water partition coefficient (Wildman–Crippen LogP) is 7.08. The maximum atomic E-state index is 14.3. The number of carbonyl (C=O) groups is 5. The van der Waals surface area contributed by atoms with Crippen molar-refractivity contribution in [3.63, 3.8) is 0 Å². The first-order valence-corrected chi connectivity index (χ1v) is 27.0. The molecule has 0 aliphatic carbocycles. The molecule has 0 unspecified atom stereocenters. The summed E-state index contributed by atoms with van der Waals surface area (Å²) in [6.07, 6.45) is 11.6. The molecule has 4 aliphatic heterocycles. The van der Waals surface area contributed by atoms with Gasteiger partial charge in [0.15, 0.2) is 5.78 Å². The Labute approximate surface area is 408 Å². The summed E-state index contributed by atoms with van der Waals surface area (Å²) in [4.78, 5) is 71.8. The molecule has 0 saturated carbocycles. The maximum Gasteiger partial charge on any atom is 0.246 e. The minimum Gasteiger partial charge on any atom is -0.381 e. The van der Waals surface area contributed by atoms with E-state index in [-0.39, 0.29) is 57.5 Å². The van der Waals surface area contributed by atoms with Gasteiger partial charge in [0, 0.05) is 25.6 Å². The summed E-state index contributed by atoms with van der Waals surface area (Å²) >= 11 is 3.42. The van der Waals surface area contributed by atoms with E-state index in [0.29, 0.717) is 57.9 Å². The van der Waals surface area contributed by atoms with Crippen molar-refractivity contribution in [2.45, 2.75) is 171 Å². The summed E-state index contributed by atoms with van der Waals surface area (Å²) in [5.41, 5.74) is 13.3. The Morgan fingerprint density at radius 3 is 1.81 bits per heavy atom. The number of thioether (sulfide) groups is 2. The van der Waals surface area contributed by atoms with Gasteiger partial charge in [-0.05, 0) is 78.9 Å². The average molecular weight is 963 g/mol. The number of carbonyl (C=O) groups excluding carboxylic acids is 5. The fourth-order valence-electron chi connectivity index (χ4n) is 10.4. The van der Waals surface area contributed by atoms with E-state index in [9.17, 15) is 24.0 Å². The highest BCUT2D eigenvalue weighted by Crippen LogP contribution is 2.48. The Hall–Kier alpha value is -3.47. The Kier molecular flexibility index (Phi) is 19.6. The summed E-state index contributed by atoms with van der Waals surface area (Å²) in [5.74, 6) is 0.624. The zero-order valence-electron chi connectivity index (χ0n) is 40.6. The van der Waals surface area contributed by atoms with Gasteiger partial charge >= 0.3 is 0 Å². The molecule has 0 bridgehead atoms. The molecular weight excluding hydrogens is 885 g/mol. The number of fused-ring (bicyclic) bond motifs is 2. The topological polar surface area (TPSA) is 186 Å². The second-order valence-corrected chi connectivity index (χ2v) is 23.2. The zero-order valence-corrected chi connectivity index (χ0v) is 42.3. The highest BCUT2D eigenvalue weighted by molar-refractivity contribution is 8.00. The standard InChI is InChI=1S/C52H78N6O7S2/c1-35(53)47(60)55-40-25-29-67-44-32-52(4,5)46(58(44)50(40)63)48(61)56-41(37-22-16-13-17-23-37)34-65-27-19-11-9-7-6-8-10-18-26-64-33-38(36-20-14-12-15-21-36)30-42(59)45-51(2,3)31-43-57(45)49(62)39(54)24-28-66-43/h12-17,20-23,35,38-41,43-46H,6-11,18-19,24-34,53-54H2,1-5H3,(H,55,60)(H,56,61)/t35-,38+,39-,40-,41+,43-,44-,45+,46+/m0/s1. The summed E-state index contributed by atoms with van der Waals surface area (Å²) in [6.45, 7) is 11.9. The van der Waals surface area contributed by atoms with Crippen molar-refractivity contribution >= 4 is 52.9 Å². The number of nitrogens with zero attached hydrogens (tertiary/aromatic N) is 2. The fraction of sp³-hybridized carbons (Fsp3) is 0.673. The molecule has 67 heavy (non-hydrogen) atoms. The molecule has 6 N–H and O–H groups in total. The number of hydrogen-bond donors (Lipinski definition) is 4. The number of Topliss-reactive ketones (excluding diaryl/α,β-unsaturated/α-hetero) is 1. The molecule has 4 aliphatic rings. The number of ketones is 1. The first-order valence-electron chi connectivity index (χ1n) is 24.9. The van der Waals surface area contributed by atoms with Crippen molar-refractivity contribution in [2.24, 2.45) is 22.3 Å². The first kappa shape index (κ1) is 52.9. The second-order valence-electron chi connectivity index (χ2n) is 20.6. The van der Waals surface area contributed by atoms with E-state index in [0.717, 1.165) is 74.7 Å². The molecule has 2 aromatic carbocycles. The highest BCUT2D eigenvalue weighted by Gasteiger charge is 2.55. The molecule has 2 aromatic rings. The molecule has 4 fully saturated rings. The smallest absolute Gasteiger partial charge is 0.246 e. The van der Waals surface area contributed by atoms with E-state index < -0.39 is 35.6 Å². The van der Waals surface area contributed by atoms with E-state index in [4.69, 9.17) is 20.9 Å². The van der Waals surface area contributed by atoms with Gasteiger partial charge < -0.3 is 41.4 Å². The van der Waals surface area contributed by atoms with Gasteiger partial charge in [-0.15, -0.1) is 23.5 Å². The quantitative estimate of drug-likeness (QED) is 0.0789. The highest BCUT2D eigenvalue weighted by atomic mass is 32.2. The van der Waals surface area contributed by atoms with Crippen LogP contribution in [0.15, 0.2) is 60.7 Å². The lowest BCUT2D eigenvalue weighted by Crippen LogP contribution is -2.58. The Balaban J connectivity index is 0.883. The van der Waals surface area contributed by atoms with Crippen LogP contribution in [0.3, 0.4) is 0 Å². The van der Waals surface area contributed by atoms with Gasteiger partial charge in [0.05, 0.1) is 48.1 Å². The molecule has 4 heterocycles. The van der Waals surface area contributed by atoms with E-state index >= 15 is 0 Å². The number of nitrogens with two attached hydrogens (primary N) is 2. The molecule has 370 valence electrons. The van der Waals surface area contributed by atoms with Gasteiger partial charge in [-0.1, -0.05) is 127 Å². The minimum absolute atomic E-state index is 0.00371. The SMILES string of the molecule is C[C@H](N)C(=O)N[C@H]1CCS[C@H]2CC(C)(C)[C@@H](C(=O)N[C@H](COCCCCCCCCCCOC[C@@H](CC(=O)[C@H]3N4C(=O)[C@@H](N)CCS[C@H]4CC3(C)C)c3ccccc3)c3ccccc3)N2C1=O. The van der Waals surface area contributed by atoms with Crippen LogP contribution in [0.1, 0.15) is 141 Å². The van der Waals surface area contributed by atoms with Crippen LogP contribution in [0.4, 0.5) is 0 Å². The van der Waals surface area contributed by atoms with Gasteiger partial charge in [0.2, 0.25) is 23.6 Å². The second kappa shape index (κ2) is 24.9. The first-order chi connectivity index (χ1) is 32.1. The number of rotatable bonds is 24. The Bertz CT molecular complexity index is 1940. The Morgan fingerprint density at radius 1 is 0.716 bits per heavy atom. The van der Waals surface area contributed by atoms with Crippen LogP contribution in [-0.4, -0.2) is 118 Å². The third-order valence-electron chi connectivity index (χ3n) is 14.1. The van der Waals surface area contributed by atoms with Gasteiger partial charge in [0.25, 0.3) is 0 Å². The summed E-state index contributed by atoms with van der Waals surface area (Å²) in [6, 6.07) is 16.4. The minimum atomic E-state index is -0.736. The molecule has 6 rings (SSSR count). The van der Waals surface area contributed by atoms with E-state index in [2.05, 4.69) is 36.6 Å². The number of nitrogens with one attached hydrogen (secondary N) is 2. The predicted molar refractivity (Wildman–Crippen MR) is 268 cm³/mol. The van der Waals surface area contributed by atoms with Gasteiger partial charge in [0.1, 0.15) is 12.1 Å². The molecule has 0 aromatic heterocycles. The largest absolute Gasteiger partial charge is 0.381 e. The number of ether oxygens (including phenoxy) is 2. The summed E-state index contributed by atoms with van der Waals surface area (Å²) in [5, 5.41) is 5.93. The molecule has 9 atom stereocenters. The van der Waals surface area contributed by atoms with E-state index in [1.54, 1.807) is 35.3 Å². The zero-order chi connectivity index (χ0) is 48.1. The van der Waals surface area contributed by atoms with Crippen LogP contribution < -0.4 is 22.1 Å². The van der Waals surface area contributed by atoms with Crippen LogP contribution in [0, 0.1) is 10.8 Å². The van der Waals surface area contributed by atoms with Gasteiger partial charge in [-0.2, -0.15) is 0 Å². The van der Waals surface area contributed by atoms with Crippen molar-refractivity contribution < 1.29 is 33.4 Å². The molecule has 13 nitrogen and oxygen atoms in total. The van der Waals surface area contributed by atoms with E-state index in [1.807, 2.05) is 67.3 Å². The normalized spacial score (nSPS) is 25.9. The molecule has 15 heteroatoms. The summed E-state index contributed by atoms with van der Waals surface area (Å²) < 4.78 is 12.4. The Morgan fingerprint density at radius 2 is 1.22 bits per heavy atom. The summed E-state index contributed by atoms with van der Waals surface area (Å²) in [7, 11) is 0. The third kappa shape index (κ3) is 14.1. The van der Waals surface area contributed by atoms with Crippen LogP contribution >= 0.6 is 23.5 Å². The monoisotopic (exact) mass is 963 g/mol. The van der Waals surface area contributed by atoms with Crippen molar-refractivity contribution in [1.29, 1.82) is 0 Å². The molecule has 0 spiro atoms. The van der Waals surface area contributed by atoms with Crippen LogP contribution in [0.5, 0.6) is 0 Å². The lowest BCUT2D eigenvalue weighted by Gasteiger charge is -2.35. The molecule has 4 amide bonds. The molecule has 0 radical (unpaired) electrons. The van der Waals surface area contributed by atoms with Crippen molar-refractivity contribution in [3.8, 4) is 0 Å². The number of unbranched alkanes of at least 4 members (excludes halogenated alkanes) is 7. The lowest BCUT2D eigenvalue weighted by atomic mass is 9.79. The van der Waals surface area contributed by atoms with Gasteiger partial charge in [-0.3, -0.25) is 24.0 Å². The molecular formula is C52H78N6O7S2. The number of benzene rings is 2. The fourth-order valence-corrected chi connectivity index (χ4v) is 13.6. The van der Waals surface area contributed by atoms with Crippen molar-refractivity contribution in [2.75, 3.05) is 37.9 Å². The van der Waals surface area contributed by atoms with Crippen molar-refractivity contribution in [1.82, 2.24) is 20.4 Å². The average Bonchev–Trinajstić information content (AvgIpc) is 3.62. The van der Waals surface area contributed by atoms with Crippen molar-refractivity contribution in [3.05, 3.63) is 71.8 Å². The van der Waals surface area contributed by atoms with Crippen LogP contribution in [0.2, 0.25) is 0 Å². The number of amides is 4.